The van der Waals surface area contributed by atoms with Crippen LogP contribution in [0.2, 0.25) is 0 Å². The van der Waals surface area contributed by atoms with Crippen LogP contribution in [0.5, 0.6) is 0 Å². The molecule has 1 aromatic rings. The molecule has 0 saturated carbocycles. The lowest BCUT2D eigenvalue weighted by Gasteiger charge is -2.16. The summed E-state index contributed by atoms with van der Waals surface area (Å²) in [6, 6.07) is 0. The fourth-order valence-electron chi connectivity index (χ4n) is 1.49. The lowest BCUT2D eigenvalue weighted by molar-refractivity contribution is -0.120. The monoisotopic (exact) mass is 318 g/mol. The molecule has 0 aliphatic rings. The van der Waals surface area contributed by atoms with E-state index < -0.39 is 16.0 Å². The topological polar surface area (TPSA) is 121 Å². The number of nitrogens with zero attached hydrogens (tertiary/aromatic N) is 2. The average Bonchev–Trinajstić information content (AvgIpc) is 2.94. The van der Waals surface area contributed by atoms with Gasteiger partial charge in [-0.3, -0.25) is 9.89 Å². The normalized spacial score (nSPS) is 11.4. The summed E-state index contributed by atoms with van der Waals surface area (Å²) in [5.41, 5.74) is -0.163. The third-order valence-electron chi connectivity index (χ3n) is 2.70. The lowest BCUT2D eigenvalue weighted by atomic mass is 10.4. The summed E-state index contributed by atoms with van der Waals surface area (Å²) in [5, 5.41) is 7.91. The van der Waals surface area contributed by atoms with Gasteiger partial charge in [0.25, 0.3) is 10.0 Å². The highest BCUT2D eigenvalue weighted by atomic mass is 32.2. The molecule has 1 heterocycles. The zero-order valence-electron chi connectivity index (χ0n) is 12.0. The Kier molecular flexibility index (Phi) is 5.85. The van der Waals surface area contributed by atoms with E-state index in [0.717, 1.165) is 10.5 Å². The minimum absolute atomic E-state index is 0.00903. The van der Waals surface area contributed by atoms with Crippen molar-refractivity contribution in [2.75, 3.05) is 27.2 Å². The summed E-state index contributed by atoms with van der Waals surface area (Å²) >= 11 is 0. The molecule has 0 aromatic carbocycles. The van der Waals surface area contributed by atoms with Gasteiger partial charge in [-0.15, -0.1) is 0 Å². The molecule has 0 spiro atoms. The number of aromatic nitrogens is 2. The molecule has 0 saturated heterocycles. The number of ether oxygens (including phenoxy) is 1. The molecule has 21 heavy (non-hydrogen) atoms. The van der Waals surface area contributed by atoms with Crippen molar-refractivity contribution in [3.8, 4) is 0 Å². The Bertz CT molecular complexity index is 610. The Balaban J connectivity index is 2.95. The van der Waals surface area contributed by atoms with E-state index in [1.165, 1.54) is 14.1 Å². The highest BCUT2D eigenvalue weighted by Crippen LogP contribution is 2.17. The second-order valence-corrected chi connectivity index (χ2v) is 6.06. The van der Waals surface area contributed by atoms with Gasteiger partial charge in [-0.25, -0.2) is 13.2 Å². The van der Waals surface area contributed by atoms with Gasteiger partial charge >= 0.3 is 5.97 Å². The number of H-pyrrole nitrogens is 1. The number of nitrogens with one attached hydrogen (secondary N) is 2. The van der Waals surface area contributed by atoms with Crippen LogP contribution in [0.15, 0.2) is 11.2 Å². The fourth-order valence-corrected chi connectivity index (χ4v) is 2.71. The Labute approximate surface area is 122 Å². The predicted molar refractivity (Wildman–Crippen MR) is 73.0 cm³/mol. The van der Waals surface area contributed by atoms with E-state index in [2.05, 4.69) is 15.5 Å². The summed E-state index contributed by atoms with van der Waals surface area (Å²) < 4.78 is 30.4. The molecule has 0 unspecified atom stereocenters. The minimum Gasteiger partial charge on any atom is -0.462 e. The molecule has 1 aromatic heterocycles. The first kappa shape index (κ1) is 17.1. The molecule has 0 bridgehead atoms. The number of rotatable bonds is 7. The summed E-state index contributed by atoms with van der Waals surface area (Å²) in [6.07, 6.45) is 1.10. The number of aromatic amines is 1. The molecule has 0 aliphatic heterocycles. The third kappa shape index (κ3) is 4.02. The molecular formula is C11H18N4O5S. The van der Waals surface area contributed by atoms with Crippen LogP contribution in [0, 0.1) is 0 Å². The van der Waals surface area contributed by atoms with Crippen LogP contribution in [-0.2, 0) is 19.6 Å². The van der Waals surface area contributed by atoms with Gasteiger partial charge in [0.05, 0.1) is 12.8 Å². The van der Waals surface area contributed by atoms with Gasteiger partial charge in [-0.2, -0.15) is 9.40 Å². The van der Waals surface area contributed by atoms with Crippen molar-refractivity contribution in [1.29, 1.82) is 0 Å². The zero-order chi connectivity index (χ0) is 16.0. The number of esters is 1. The van der Waals surface area contributed by atoms with E-state index in [9.17, 15) is 18.0 Å². The lowest BCUT2D eigenvalue weighted by Crippen LogP contribution is -2.32. The van der Waals surface area contributed by atoms with Crippen molar-refractivity contribution in [2.24, 2.45) is 0 Å². The number of hydrogen-bond acceptors (Lipinski definition) is 6. The quantitative estimate of drug-likeness (QED) is 0.644. The van der Waals surface area contributed by atoms with Crippen LogP contribution in [0.1, 0.15) is 23.7 Å². The second-order valence-electron chi connectivity index (χ2n) is 4.08. The standard InChI is InChI=1S/C11H18N4O5S/c1-4-20-11(17)8-7-13-14-10(8)21(18,19)15(3)6-5-9(16)12-2/h7H,4-6H2,1-3H3,(H,12,16)(H,13,14). The van der Waals surface area contributed by atoms with Gasteiger partial charge in [0.2, 0.25) is 5.91 Å². The Hall–Kier alpha value is -1.94. The summed E-state index contributed by atoms with van der Waals surface area (Å²) in [6.45, 7) is 1.71. The minimum atomic E-state index is -3.96. The molecule has 0 fully saturated rings. The fraction of sp³-hybridized carbons (Fsp3) is 0.545. The number of carbonyl (C=O) groups excluding carboxylic acids is 2. The summed E-state index contributed by atoms with van der Waals surface area (Å²) in [7, 11) is -1.18. The van der Waals surface area contributed by atoms with Gasteiger partial charge in [-0.1, -0.05) is 0 Å². The van der Waals surface area contributed by atoms with Crippen LogP contribution >= 0.6 is 0 Å². The first-order valence-electron chi connectivity index (χ1n) is 6.22. The maximum Gasteiger partial charge on any atom is 0.342 e. The molecule has 0 atom stereocenters. The maximum absolute atomic E-state index is 12.3. The van der Waals surface area contributed by atoms with Crippen LogP contribution in [0.25, 0.3) is 0 Å². The number of carbonyl (C=O) groups is 2. The van der Waals surface area contributed by atoms with Crippen molar-refractivity contribution in [3.05, 3.63) is 11.8 Å². The van der Waals surface area contributed by atoms with Crippen molar-refractivity contribution < 1.29 is 22.7 Å². The van der Waals surface area contributed by atoms with Crippen LogP contribution in [0.4, 0.5) is 0 Å². The second kappa shape index (κ2) is 7.18. The van der Waals surface area contributed by atoms with Gasteiger partial charge in [0.15, 0.2) is 5.03 Å². The van der Waals surface area contributed by atoms with Gasteiger partial charge in [0, 0.05) is 27.1 Å². The SMILES string of the molecule is CCOC(=O)c1cn[nH]c1S(=O)(=O)N(C)CCC(=O)NC. The van der Waals surface area contributed by atoms with Crippen LogP contribution < -0.4 is 5.32 Å². The number of amides is 1. The van der Waals surface area contributed by atoms with E-state index in [1.54, 1.807) is 6.92 Å². The Morgan fingerprint density at radius 3 is 2.71 bits per heavy atom. The summed E-state index contributed by atoms with van der Waals surface area (Å²) in [5.74, 6) is -1.06. The van der Waals surface area contributed by atoms with Crippen LogP contribution in [-0.4, -0.2) is 62.0 Å². The molecule has 1 amide bonds. The van der Waals surface area contributed by atoms with Crippen molar-refractivity contribution in [1.82, 2.24) is 19.8 Å². The van der Waals surface area contributed by atoms with Gasteiger partial charge in [-0.05, 0) is 6.92 Å². The smallest absolute Gasteiger partial charge is 0.342 e. The molecule has 2 N–H and O–H groups in total. The van der Waals surface area contributed by atoms with E-state index in [-0.39, 0.29) is 36.1 Å². The maximum atomic E-state index is 12.3. The predicted octanol–water partition coefficient (Wildman–Crippen LogP) is -0.657. The van der Waals surface area contributed by atoms with Crippen molar-refractivity contribution in [2.45, 2.75) is 18.4 Å². The Morgan fingerprint density at radius 1 is 1.48 bits per heavy atom. The molecule has 118 valence electrons. The number of hydrogen-bond donors (Lipinski definition) is 2. The van der Waals surface area contributed by atoms with E-state index in [0.29, 0.717) is 0 Å². The Morgan fingerprint density at radius 2 is 2.14 bits per heavy atom. The first-order chi connectivity index (χ1) is 9.84. The van der Waals surface area contributed by atoms with Crippen molar-refractivity contribution >= 4 is 21.9 Å². The molecule has 0 radical (unpaired) electrons. The van der Waals surface area contributed by atoms with Crippen LogP contribution in [0.3, 0.4) is 0 Å². The molecule has 9 nitrogen and oxygen atoms in total. The van der Waals surface area contributed by atoms with E-state index in [4.69, 9.17) is 4.74 Å². The van der Waals surface area contributed by atoms with E-state index >= 15 is 0 Å². The van der Waals surface area contributed by atoms with Gasteiger partial charge < -0.3 is 10.1 Å². The van der Waals surface area contributed by atoms with Gasteiger partial charge in [0.1, 0.15) is 5.56 Å². The molecule has 1 rings (SSSR count). The molecule has 0 aliphatic carbocycles. The average molecular weight is 318 g/mol. The zero-order valence-corrected chi connectivity index (χ0v) is 12.9. The molecular weight excluding hydrogens is 300 g/mol. The first-order valence-corrected chi connectivity index (χ1v) is 7.66. The largest absolute Gasteiger partial charge is 0.462 e. The number of sulfonamides is 1. The highest BCUT2D eigenvalue weighted by Gasteiger charge is 2.29. The van der Waals surface area contributed by atoms with Crippen molar-refractivity contribution in [3.63, 3.8) is 0 Å². The third-order valence-corrected chi connectivity index (χ3v) is 4.53. The summed E-state index contributed by atoms with van der Waals surface area (Å²) in [4.78, 5) is 22.8. The van der Waals surface area contributed by atoms with E-state index in [1.807, 2.05) is 0 Å². The molecule has 10 heteroatoms. The highest BCUT2D eigenvalue weighted by molar-refractivity contribution is 7.89.